The maximum absolute atomic E-state index is 2.27. The molecular formula is C10H14B. The molecule has 0 saturated carbocycles. The van der Waals surface area contributed by atoms with Gasteiger partial charge in [-0.15, -0.1) is 0 Å². The predicted molar refractivity (Wildman–Crippen MR) is 51.5 cm³/mol. The van der Waals surface area contributed by atoms with Crippen LogP contribution in [0.5, 0.6) is 0 Å². The quantitative estimate of drug-likeness (QED) is 0.531. The lowest BCUT2D eigenvalue weighted by molar-refractivity contribution is 0.759. The Balaban J connectivity index is 2.66. The zero-order valence-corrected chi connectivity index (χ0v) is 7.46. The summed E-state index contributed by atoms with van der Waals surface area (Å²) in [4.78, 5) is 0. The van der Waals surface area contributed by atoms with E-state index < -0.39 is 0 Å². The summed E-state index contributed by atoms with van der Waals surface area (Å²) in [6.07, 6.45) is 0. The molecule has 0 nitrogen and oxygen atoms in total. The molecule has 57 valence electrons. The fourth-order valence-corrected chi connectivity index (χ4v) is 1.05. The van der Waals surface area contributed by atoms with Crippen LogP contribution in [0.25, 0.3) is 0 Å². The lowest BCUT2D eigenvalue weighted by Gasteiger charge is -2.15. The van der Waals surface area contributed by atoms with Gasteiger partial charge in [0.25, 0.3) is 0 Å². The molecule has 0 spiro atoms. The standard InChI is InChI=1S/C10H14B/c1-10(2,3)11-9-7-5-4-6-8-9/h4-8H,1-3H3. The van der Waals surface area contributed by atoms with Crippen LogP contribution in [0, 0.1) is 0 Å². The van der Waals surface area contributed by atoms with E-state index in [1.165, 1.54) is 5.46 Å². The van der Waals surface area contributed by atoms with Crippen LogP contribution in [-0.2, 0) is 0 Å². The summed E-state index contributed by atoms with van der Waals surface area (Å²) in [6, 6.07) is 10.4. The van der Waals surface area contributed by atoms with Crippen molar-refractivity contribution < 1.29 is 0 Å². The second-order valence-corrected chi connectivity index (χ2v) is 3.92. The average Bonchev–Trinajstić information content (AvgIpc) is 1.85. The van der Waals surface area contributed by atoms with Gasteiger partial charge in [-0.2, -0.15) is 0 Å². The van der Waals surface area contributed by atoms with Crippen molar-refractivity contribution in [2.75, 3.05) is 0 Å². The molecule has 0 aliphatic heterocycles. The van der Waals surface area contributed by atoms with E-state index in [9.17, 15) is 0 Å². The van der Waals surface area contributed by atoms with Crippen LogP contribution in [-0.4, -0.2) is 7.28 Å². The molecule has 11 heavy (non-hydrogen) atoms. The van der Waals surface area contributed by atoms with Gasteiger partial charge in [0.05, 0.1) is 0 Å². The summed E-state index contributed by atoms with van der Waals surface area (Å²) in [5.74, 6) is 0. The van der Waals surface area contributed by atoms with E-state index in [1.54, 1.807) is 0 Å². The van der Waals surface area contributed by atoms with Gasteiger partial charge in [0.1, 0.15) is 0 Å². The Labute approximate surface area is 69.9 Å². The van der Waals surface area contributed by atoms with Crippen molar-refractivity contribution in [2.45, 2.75) is 26.1 Å². The molecule has 1 radical (unpaired) electrons. The van der Waals surface area contributed by atoms with Crippen molar-refractivity contribution >= 4 is 12.7 Å². The second kappa shape index (κ2) is 3.12. The van der Waals surface area contributed by atoms with Gasteiger partial charge in [0.2, 0.25) is 0 Å². The average molecular weight is 145 g/mol. The van der Waals surface area contributed by atoms with Gasteiger partial charge in [0, 0.05) is 0 Å². The van der Waals surface area contributed by atoms with Gasteiger partial charge in [-0.05, 0) is 0 Å². The molecule has 0 aromatic heterocycles. The third-order valence-corrected chi connectivity index (χ3v) is 1.40. The molecule has 0 heterocycles. The summed E-state index contributed by atoms with van der Waals surface area (Å²) in [6.45, 7) is 6.62. The van der Waals surface area contributed by atoms with Gasteiger partial charge < -0.3 is 0 Å². The molecule has 1 heteroatoms. The lowest BCUT2D eigenvalue weighted by atomic mass is 9.51. The van der Waals surface area contributed by atoms with E-state index >= 15 is 0 Å². The number of rotatable bonds is 1. The summed E-state index contributed by atoms with van der Waals surface area (Å²) in [5, 5.41) is 0.279. The molecule has 1 aromatic carbocycles. The number of benzene rings is 1. The molecular weight excluding hydrogens is 131 g/mol. The molecule has 1 rings (SSSR count). The van der Waals surface area contributed by atoms with Crippen LogP contribution in [0.15, 0.2) is 30.3 Å². The van der Waals surface area contributed by atoms with E-state index in [0.29, 0.717) is 0 Å². The van der Waals surface area contributed by atoms with Crippen LogP contribution in [0.1, 0.15) is 20.8 Å². The van der Waals surface area contributed by atoms with Crippen molar-refractivity contribution in [1.29, 1.82) is 0 Å². The fraction of sp³-hybridized carbons (Fsp3) is 0.400. The first kappa shape index (κ1) is 8.38. The molecule has 0 amide bonds. The first-order valence-corrected chi connectivity index (χ1v) is 3.99. The predicted octanol–water partition coefficient (Wildman–Crippen LogP) is 2.23. The number of hydrogen-bond donors (Lipinski definition) is 0. The van der Waals surface area contributed by atoms with Crippen molar-refractivity contribution in [3.8, 4) is 0 Å². The van der Waals surface area contributed by atoms with E-state index in [-0.39, 0.29) is 5.31 Å². The Morgan fingerprint density at radius 3 is 2.00 bits per heavy atom. The first-order chi connectivity index (χ1) is 5.08. The highest BCUT2D eigenvalue weighted by molar-refractivity contribution is 6.56. The third-order valence-electron chi connectivity index (χ3n) is 1.40. The van der Waals surface area contributed by atoms with Gasteiger partial charge in [-0.1, -0.05) is 61.9 Å². The minimum Gasteiger partial charge on any atom is -0.0872 e. The molecule has 0 saturated heterocycles. The maximum Gasteiger partial charge on any atom is 0.157 e. The largest absolute Gasteiger partial charge is 0.157 e. The van der Waals surface area contributed by atoms with E-state index in [2.05, 4.69) is 52.3 Å². The molecule has 0 fully saturated rings. The third kappa shape index (κ3) is 3.27. The minimum atomic E-state index is 0.279. The molecule has 0 unspecified atom stereocenters. The smallest absolute Gasteiger partial charge is 0.0872 e. The van der Waals surface area contributed by atoms with Crippen LogP contribution in [0.4, 0.5) is 0 Å². The molecule has 0 aliphatic carbocycles. The van der Waals surface area contributed by atoms with Crippen molar-refractivity contribution in [1.82, 2.24) is 0 Å². The van der Waals surface area contributed by atoms with Crippen LogP contribution in [0.2, 0.25) is 5.31 Å². The van der Waals surface area contributed by atoms with Crippen LogP contribution < -0.4 is 5.46 Å². The molecule has 0 aliphatic rings. The summed E-state index contributed by atoms with van der Waals surface area (Å²) < 4.78 is 0. The van der Waals surface area contributed by atoms with Crippen molar-refractivity contribution in [3.05, 3.63) is 30.3 Å². The monoisotopic (exact) mass is 145 g/mol. The topological polar surface area (TPSA) is 0 Å². The molecule has 0 atom stereocenters. The maximum atomic E-state index is 2.27. The van der Waals surface area contributed by atoms with E-state index in [0.717, 1.165) is 0 Å². The highest BCUT2D eigenvalue weighted by Gasteiger charge is 2.12. The Morgan fingerprint density at radius 2 is 1.55 bits per heavy atom. The van der Waals surface area contributed by atoms with Crippen LogP contribution in [0.3, 0.4) is 0 Å². The highest BCUT2D eigenvalue weighted by atomic mass is 14.0. The van der Waals surface area contributed by atoms with Gasteiger partial charge in [0.15, 0.2) is 7.28 Å². The summed E-state index contributed by atoms with van der Waals surface area (Å²) >= 11 is 0. The Hall–Kier alpha value is -0.715. The van der Waals surface area contributed by atoms with E-state index in [1.807, 2.05) is 6.07 Å². The Morgan fingerprint density at radius 1 is 1.00 bits per heavy atom. The van der Waals surface area contributed by atoms with Gasteiger partial charge in [-0.3, -0.25) is 0 Å². The normalized spacial score (nSPS) is 11.2. The molecule has 0 N–H and O–H groups in total. The molecule has 1 aromatic rings. The lowest BCUT2D eigenvalue weighted by Crippen LogP contribution is -2.22. The number of hydrogen-bond acceptors (Lipinski definition) is 0. The van der Waals surface area contributed by atoms with Crippen molar-refractivity contribution in [2.24, 2.45) is 0 Å². The van der Waals surface area contributed by atoms with Gasteiger partial charge in [-0.25, -0.2) is 0 Å². The summed E-state index contributed by atoms with van der Waals surface area (Å²) in [5.41, 5.74) is 1.31. The SMILES string of the molecule is CC(C)(C)[B]c1ccccc1. The Kier molecular flexibility index (Phi) is 2.38. The minimum absolute atomic E-state index is 0.279. The van der Waals surface area contributed by atoms with Gasteiger partial charge >= 0.3 is 0 Å². The van der Waals surface area contributed by atoms with Crippen molar-refractivity contribution in [3.63, 3.8) is 0 Å². The Bertz CT molecular complexity index is 208. The zero-order chi connectivity index (χ0) is 8.32. The second-order valence-electron chi connectivity index (χ2n) is 3.92. The summed E-state index contributed by atoms with van der Waals surface area (Å²) in [7, 11) is 2.27. The van der Waals surface area contributed by atoms with E-state index in [4.69, 9.17) is 0 Å². The highest BCUT2D eigenvalue weighted by Crippen LogP contribution is 2.19. The zero-order valence-electron chi connectivity index (χ0n) is 7.46. The fourth-order valence-electron chi connectivity index (χ4n) is 1.05. The first-order valence-electron chi connectivity index (χ1n) is 3.99. The molecule has 0 bridgehead atoms. The van der Waals surface area contributed by atoms with Crippen LogP contribution >= 0.6 is 0 Å².